The summed E-state index contributed by atoms with van der Waals surface area (Å²) in [5.74, 6) is -0.0443. The molecule has 0 heterocycles. The first kappa shape index (κ1) is 26.5. The number of rotatable bonds is 11. The van der Waals surface area contributed by atoms with E-state index in [0.29, 0.717) is 16.5 Å². The first-order valence-electron chi connectivity index (χ1n) is 10.4. The van der Waals surface area contributed by atoms with Crippen LogP contribution in [0.3, 0.4) is 0 Å². The van der Waals surface area contributed by atoms with E-state index in [1.807, 2.05) is 6.07 Å². The zero-order chi connectivity index (χ0) is 24.6. The number of sulfonamides is 1. The normalized spacial score (nSPS) is 12.0. The van der Waals surface area contributed by atoms with Crippen LogP contribution in [0.2, 0.25) is 5.02 Å². The average molecular weight is 496 g/mol. The lowest BCUT2D eigenvalue weighted by Gasteiger charge is -2.29. The number of ether oxygens (including phenoxy) is 1. The molecule has 0 fully saturated rings. The third-order valence-electron chi connectivity index (χ3n) is 5.21. The van der Waals surface area contributed by atoms with Crippen molar-refractivity contribution in [1.29, 1.82) is 0 Å². The Kier molecular flexibility index (Phi) is 9.55. The highest BCUT2D eigenvalue weighted by Gasteiger charge is 2.26. The van der Waals surface area contributed by atoms with Crippen LogP contribution < -0.4 is 14.4 Å². The second-order valence-electron chi connectivity index (χ2n) is 7.54. The Morgan fingerprint density at radius 2 is 1.85 bits per heavy atom. The number of nitrogens with one attached hydrogen (secondary N) is 1. The van der Waals surface area contributed by atoms with Crippen molar-refractivity contribution in [2.24, 2.45) is 0 Å². The van der Waals surface area contributed by atoms with Crippen molar-refractivity contribution in [2.75, 3.05) is 31.3 Å². The molecular formula is C23H30ClN3O5S. The Hall–Kier alpha value is -2.78. The van der Waals surface area contributed by atoms with Crippen LogP contribution in [0.5, 0.6) is 5.75 Å². The molecule has 0 aliphatic carbocycles. The minimum Gasteiger partial charge on any atom is -0.497 e. The van der Waals surface area contributed by atoms with Crippen LogP contribution in [-0.2, 0) is 26.2 Å². The lowest BCUT2D eigenvalue weighted by Crippen LogP contribution is -2.46. The predicted octanol–water partition coefficient (Wildman–Crippen LogP) is 3.06. The van der Waals surface area contributed by atoms with Gasteiger partial charge in [-0.1, -0.05) is 35.9 Å². The maximum absolute atomic E-state index is 13.1. The summed E-state index contributed by atoms with van der Waals surface area (Å²) in [7, 11) is -0.565. The van der Waals surface area contributed by atoms with Gasteiger partial charge < -0.3 is 15.0 Å². The third kappa shape index (κ3) is 7.36. The average Bonchev–Trinajstić information content (AvgIpc) is 2.79. The second-order valence-corrected chi connectivity index (χ2v) is 9.86. The molecule has 0 aromatic heterocycles. The standard InChI is InChI=1S/C23H30ClN3O5S/c1-17(23(29)25-2)26(16-18-9-5-6-12-21(18)24)22(28)13-8-14-27(33(4,30)31)19-10-7-11-20(15-19)32-3/h5-7,9-12,15,17H,8,13-14,16H2,1-4H3,(H,25,29)/t17-/m0/s1. The minimum absolute atomic E-state index is 0.0573. The Bertz CT molecular complexity index is 1080. The summed E-state index contributed by atoms with van der Waals surface area (Å²) in [5, 5.41) is 3.06. The number of benzene rings is 2. The number of halogens is 1. The van der Waals surface area contributed by atoms with Gasteiger partial charge in [-0.3, -0.25) is 13.9 Å². The van der Waals surface area contributed by atoms with Gasteiger partial charge in [0.2, 0.25) is 21.8 Å². The predicted molar refractivity (Wildman–Crippen MR) is 130 cm³/mol. The number of carbonyl (C=O) groups is 2. The van der Waals surface area contributed by atoms with E-state index in [-0.39, 0.29) is 37.7 Å². The lowest BCUT2D eigenvalue weighted by atomic mass is 10.1. The number of hydrogen-bond donors (Lipinski definition) is 1. The molecule has 1 atom stereocenters. The van der Waals surface area contributed by atoms with E-state index in [4.69, 9.17) is 16.3 Å². The molecule has 0 radical (unpaired) electrons. The number of anilines is 1. The molecule has 10 heteroatoms. The molecule has 33 heavy (non-hydrogen) atoms. The minimum atomic E-state index is -3.58. The van der Waals surface area contributed by atoms with Crippen molar-refractivity contribution in [3.05, 3.63) is 59.1 Å². The van der Waals surface area contributed by atoms with Gasteiger partial charge in [-0.2, -0.15) is 0 Å². The molecule has 0 spiro atoms. The quantitative estimate of drug-likeness (QED) is 0.517. The first-order valence-corrected chi connectivity index (χ1v) is 12.7. The van der Waals surface area contributed by atoms with Crippen molar-refractivity contribution in [3.63, 3.8) is 0 Å². The van der Waals surface area contributed by atoms with E-state index in [1.165, 1.54) is 23.4 Å². The van der Waals surface area contributed by atoms with Gasteiger partial charge in [-0.25, -0.2) is 8.42 Å². The molecule has 180 valence electrons. The fourth-order valence-corrected chi connectivity index (χ4v) is 4.52. The van der Waals surface area contributed by atoms with Crippen molar-refractivity contribution >= 4 is 39.1 Å². The number of carbonyl (C=O) groups excluding carboxylic acids is 2. The van der Waals surface area contributed by atoms with Gasteiger partial charge >= 0.3 is 0 Å². The molecule has 1 N–H and O–H groups in total. The molecule has 0 aliphatic heterocycles. The molecular weight excluding hydrogens is 466 g/mol. The Morgan fingerprint density at radius 1 is 1.15 bits per heavy atom. The summed E-state index contributed by atoms with van der Waals surface area (Å²) in [6, 6.07) is 13.1. The van der Waals surface area contributed by atoms with Gasteiger partial charge in [0.15, 0.2) is 0 Å². The number of methoxy groups -OCH3 is 1. The lowest BCUT2D eigenvalue weighted by molar-refractivity contribution is -0.140. The number of hydrogen-bond acceptors (Lipinski definition) is 5. The van der Waals surface area contributed by atoms with Crippen LogP contribution in [0.4, 0.5) is 5.69 Å². The summed E-state index contributed by atoms with van der Waals surface area (Å²) < 4.78 is 31.2. The molecule has 8 nitrogen and oxygen atoms in total. The molecule has 2 rings (SSSR count). The molecule has 0 bridgehead atoms. The van der Waals surface area contributed by atoms with Gasteiger partial charge in [0, 0.05) is 37.6 Å². The van der Waals surface area contributed by atoms with Crippen molar-refractivity contribution in [2.45, 2.75) is 32.4 Å². The summed E-state index contributed by atoms with van der Waals surface area (Å²) in [6.07, 6.45) is 1.44. The van der Waals surface area contributed by atoms with Crippen LogP contribution >= 0.6 is 11.6 Å². The molecule has 0 saturated carbocycles. The van der Waals surface area contributed by atoms with Crippen LogP contribution in [0.15, 0.2) is 48.5 Å². The van der Waals surface area contributed by atoms with Gasteiger partial charge in [0.05, 0.1) is 19.1 Å². The van der Waals surface area contributed by atoms with Crippen LogP contribution in [-0.4, -0.2) is 58.1 Å². The highest BCUT2D eigenvalue weighted by molar-refractivity contribution is 7.92. The summed E-state index contributed by atoms with van der Waals surface area (Å²) in [6.45, 7) is 1.91. The molecule has 0 aliphatic rings. The SMILES string of the molecule is CNC(=O)[C@H](C)N(Cc1ccccc1Cl)C(=O)CCCN(c1cccc(OC)c1)S(C)(=O)=O. The highest BCUT2D eigenvalue weighted by atomic mass is 35.5. The Morgan fingerprint density at radius 3 is 2.45 bits per heavy atom. The summed E-state index contributed by atoms with van der Waals surface area (Å²) >= 11 is 6.26. The Balaban J connectivity index is 2.17. The van der Waals surface area contributed by atoms with Crippen molar-refractivity contribution < 1.29 is 22.7 Å². The van der Waals surface area contributed by atoms with Crippen LogP contribution in [0, 0.1) is 0 Å². The highest BCUT2D eigenvalue weighted by Crippen LogP contribution is 2.24. The van der Waals surface area contributed by atoms with E-state index in [2.05, 4.69) is 5.32 Å². The Labute approximate surface area is 200 Å². The summed E-state index contributed by atoms with van der Waals surface area (Å²) in [4.78, 5) is 26.8. The van der Waals surface area contributed by atoms with E-state index in [1.54, 1.807) is 49.4 Å². The molecule has 0 unspecified atom stereocenters. The van der Waals surface area contributed by atoms with Crippen molar-refractivity contribution in [3.8, 4) is 5.75 Å². The van der Waals surface area contributed by atoms with E-state index in [0.717, 1.165) is 11.8 Å². The first-order chi connectivity index (χ1) is 15.6. The molecule has 2 amide bonds. The summed E-state index contributed by atoms with van der Waals surface area (Å²) in [5.41, 5.74) is 1.17. The fraction of sp³-hybridized carbons (Fsp3) is 0.391. The van der Waals surface area contributed by atoms with E-state index < -0.39 is 16.1 Å². The topological polar surface area (TPSA) is 96.0 Å². The van der Waals surface area contributed by atoms with Gasteiger partial charge in [-0.15, -0.1) is 0 Å². The largest absolute Gasteiger partial charge is 0.497 e. The maximum atomic E-state index is 13.1. The maximum Gasteiger partial charge on any atom is 0.242 e. The zero-order valence-corrected chi connectivity index (χ0v) is 20.8. The number of nitrogens with zero attached hydrogens (tertiary/aromatic N) is 2. The van der Waals surface area contributed by atoms with E-state index >= 15 is 0 Å². The third-order valence-corrected chi connectivity index (χ3v) is 6.77. The monoisotopic (exact) mass is 495 g/mol. The molecule has 0 saturated heterocycles. The number of amides is 2. The fourth-order valence-electron chi connectivity index (χ4n) is 3.37. The van der Waals surface area contributed by atoms with Crippen molar-refractivity contribution in [1.82, 2.24) is 10.2 Å². The molecule has 2 aromatic carbocycles. The second kappa shape index (κ2) is 11.9. The van der Waals surface area contributed by atoms with Crippen LogP contribution in [0.25, 0.3) is 0 Å². The van der Waals surface area contributed by atoms with Gasteiger partial charge in [-0.05, 0) is 37.1 Å². The van der Waals surface area contributed by atoms with Gasteiger partial charge in [0.1, 0.15) is 11.8 Å². The molecule has 2 aromatic rings. The smallest absolute Gasteiger partial charge is 0.242 e. The number of likely N-dealkylation sites (N-methyl/N-ethyl adjacent to an activating group) is 1. The van der Waals surface area contributed by atoms with Crippen LogP contribution in [0.1, 0.15) is 25.3 Å². The van der Waals surface area contributed by atoms with E-state index in [9.17, 15) is 18.0 Å². The zero-order valence-electron chi connectivity index (χ0n) is 19.2. The van der Waals surface area contributed by atoms with Gasteiger partial charge in [0.25, 0.3) is 0 Å².